The van der Waals surface area contributed by atoms with E-state index in [1.165, 1.54) is 0 Å². The van der Waals surface area contributed by atoms with Crippen LogP contribution < -0.4 is 0 Å². The first kappa shape index (κ1) is 21.8. The third-order valence-electron chi connectivity index (χ3n) is 4.84. The highest BCUT2D eigenvalue weighted by Crippen LogP contribution is 2.24. The Morgan fingerprint density at radius 2 is 2.11 bits per heavy atom. The maximum atomic E-state index is 12.9. The van der Waals surface area contributed by atoms with Gasteiger partial charge in [-0.1, -0.05) is 30.3 Å². The van der Waals surface area contributed by atoms with Crippen LogP contribution in [0, 0.1) is 0 Å². The lowest BCUT2D eigenvalue weighted by Gasteiger charge is -2.32. The zero-order valence-electron chi connectivity index (χ0n) is 15.3. The molecule has 5 nitrogen and oxygen atoms in total. The summed E-state index contributed by atoms with van der Waals surface area (Å²) >= 11 is 3.40. The topological polar surface area (TPSA) is 56.7 Å². The highest BCUT2D eigenvalue weighted by Gasteiger charge is 2.28. The Labute approximate surface area is 174 Å². The number of halogens is 2. The summed E-state index contributed by atoms with van der Waals surface area (Å²) in [6, 6.07) is 12.0. The van der Waals surface area contributed by atoms with E-state index < -0.39 is 0 Å². The van der Waals surface area contributed by atoms with Crippen LogP contribution in [0.25, 0.3) is 0 Å². The molecule has 0 spiro atoms. The molecule has 1 N–H and O–H groups in total. The minimum atomic E-state index is -0.264. The van der Waals surface area contributed by atoms with Gasteiger partial charge in [0, 0.05) is 43.5 Å². The van der Waals surface area contributed by atoms with Gasteiger partial charge in [-0.15, -0.1) is 12.4 Å². The maximum Gasteiger partial charge on any atom is 0.227 e. The molecule has 0 radical (unpaired) electrons. The van der Waals surface area contributed by atoms with Crippen LogP contribution in [-0.2, 0) is 11.2 Å². The zero-order chi connectivity index (χ0) is 18.5. The number of nitrogens with zero attached hydrogens (tertiary/aromatic N) is 3. The van der Waals surface area contributed by atoms with E-state index in [1.807, 2.05) is 36.2 Å². The number of carbonyl (C=O) groups excluding carboxylic acids is 1. The molecule has 146 valence electrons. The second-order valence-corrected chi connectivity index (χ2v) is 7.74. The summed E-state index contributed by atoms with van der Waals surface area (Å²) in [5.41, 5.74) is 2.00. The van der Waals surface area contributed by atoms with Gasteiger partial charge in [-0.3, -0.25) is 14.7 Å². The number of pyridine rings is 1. The summed E-state index contributed by atoms with van der Waals surface area (Å²) in [7, 11) is 1.86. The molecule has 0 aliphatic carbocycles. The van der Waals surface area contributed by atoms with Crippen molar-refractivity contribution in [3.8, 4) is 0 Å². The third kappa shape index (κ3) is 6.01. The number of benzene rings is 1. The Hall–Kier alpha value is -1.47. The molecule has 7 heteroatoms. The van der Waals surface area contributed by atoms with Gasteiger partial charge in [-0.05, 0) is 39.5 Å². The van der Waals surface area contributed by atoms with Gasteiger partial charge in [0.15, 0.2) is 0 Å². The number of likely N-dealkylation sites (N-methyl/N-ethyl adjacent to an activating group) is 1. The summed E-state index contributed by atoms with van der Waals surface area (Å²) in [6.07, 6.45) is 4.28. The monoisotopic (exact) mass is 453 g/mol. The molecule has 0 bridgehead atoms. The van der Waals surface area contributed by atoms with Crippen LogP contribution in [0.3, 0.4) is 0 Å². The molecule has 1 amide bonds. The Kier molecular flexibility index (Phi) is 8.23. The number of hydrogen-bond acceptors (Lipinski definition) is 4. The predicted molar refractivity (Wildman–Crippen MR) is 112 cm³/mol. The normalized spacial score (nSPS) is 18.0. The van der Waals surface area contributed by atoms with Crippen LogP contribution in [0.1, 0.15) is 23.6 Å². The summed E-state index contributed by atoms with van der Waals surface area (Å²) in [5, 5.41) is 9.82. The highest BCUT2D eigenvalue weighted by molar-refractivity contribution is 9.10. The quantitative estimate of drug-likeness (QED) is 0.729. The van der Waals surface area contributed by atoms with E-state index in [0.29, 0.717) is 13.0 Å². The van der Waals surface area contributed by atoms with Gasteiger partial charge in [0.25, 0.3) is 0 Å². The van der Waals surface area contributed by atoms with Gasteiger partial charge in [0.1, 0.15) is 0 Å². The summed E-state index contributed by atoms with van der Waals surface area (Å²) in [5.74, 6) is 0.0542. The van der Waals surface area contributed by atoms with Gasteiger partial charge in [0.05, 0.1) is 18.6 Å². The van der Waals surface area contributed by atoms with E-state index in [0.717, 1.165) is 35.1 Å². The minimum Gasteiger partial charge on any atom is -0.392 e. The molecule has 2 aromatic rings. The Balaban J connectivity index is 0.00000261. The minimum absolute atomic E-state index is 0. The van der Waals surface area contributed by atoms with Crippen LogP contribution >= 0.6 is 28.3 Å². The summed E-state index contributed by atoms with van der Waals surface area (Å²) in [4.78, 5) is 21.1. The molecule has 2 unspecified atom stereocenters. The van der Waals surface area contributed by atoms with Crippen molar-refractivity contribution in [1.29, 1.82) is 0 Å². The van der Waals surface area contributed by atoms with Crippen molar-refractivity contribution in [2.75, 3.05) is 26.7 Å². The second kappa shape index (κ2) is 10.2. The first-order chi connectivity index (χ1) is 12.5. The lowest BCUT2D eigenvalue weighted by Crippen LogP contribution is -2.39. The van der Waals surface area contributed by atoms with Crippen molar-refractivity contribution in [1.82, 2.24) is 14.8 Å². The van der Waals surface area contributed by atoms with E-state index in [2.05, 4.69) is 37.9 Å². The Morgan fingerprint density at radius 3 is 2.74 bits per heavy atom. The van der Waals surface area contributed by atoms with Crippen molar-refractivity contribution in [3.63, 3.8) is 0 Å². The molecule has 2 heterocycles. The van der Waals surface area contributed by atoms with Crippen molar-refractivity contribution in [3.05, 3.63) is 64.4 Å². The van der Waals surface area contributed by atoms with Crippen LogP contribution in [0.15, 0.2) is 53.3 Å². The van der Waals surface area contributed by atoms with Crippen molar-refractivity contribution >= 4 is 34.2 Å². The number of amides is 1. The first-order valence-corrected chi connectivity index (χ1v) is 9.62. The van der Waals surface area contributed by atoms with Crippen LogP contribution in [0.4, 0.5) is 0 Å². The second-order valence-electron chi connectivity index (χ2n) is 6.82. The average Bonchev–Trinajstić information content (AvgIpc) is 3.05. The molecule has 1 saturated heterocycles. The van der Waals surface area contributed by atoms with Gasteiger partial charge < -0.3 is 10.0 Å². The van der Waals surface area contributed by atoms with E-state index in [9.17, 15) is 9.90 Å². The van der Waals surface area contributed by atoms with Crippen LogP contribution in [0.5, 0.6) is 0 Å². The number of rotatable bonds is 6. The smallest absolute Gasteiger partial charge is 0.227 e. The lowest BCUT2D eigenvalue weighted by atomic mass is 10.0. The maximum absolute atomic E-state index is 12.9. The number of likely N-dealkylation sites (tertiary alicyclic amines) is 1. The molecule has 0 saturated carbocycles. The number of aliphatic hydroxyl groups is 1. The number of carbonyl (C=O) groups is 1. The van der Waals surface area contributed by atoms with E-state index >= 15 is 0 Å². The first-order valence-electron chi connectivity index (χ1n) is 8.83. The highest BCUT2D eigenvalue weighted by atomic mass is 79.9. The molecule has 1 aromatic heterocycles. The largest absolute Gasteiger partial charge is 0.392 e. The lowest BCUT2D eigenvalue weighted by molar-refractivity contribution is -0.131. The summed E-state index contributed by atoms with van der Waals surface area (Å²) in [6.45, 7) is 2.25. The number of aromatic nitrogens is 1. The average molecular weight is 455 g/mol. The summed E-state index contributed by atoms with van der Waals surface area (Å²) < 4.78 is 0.871. The Morgan fingerprint density at radius 1 is 1.37 bits per heavy atom. The van der Waals surface area contributed by atoms with E-state index in [-0.39, 0.29) is 30.5 Å². The molecule has 2 atom stereocenters. The van der Waals surface area contributed by atoms with Gasteiger partial charge in [-0.25, -0.2) is 0 Å². The molecule has 27 heavy (non-hydrogen) atoms. The van der Waals surface area contributed by atoms with Crippen molar-refractivity contribution < 1.29 is 9.90 Å². The molecule has 3 rings (SSSR count). The molecular formula is C20H25BrClN3O2. The number of β-amino-alcohol motifs (C(OH)–C–C–N with tert-alkyl or cyclic N) is 1. The van der Waals surface area contributed by atoms with E-state index in [1.54, 1.807) is 12.4 Å². The van der Waals surface area contributed by atoms with Gasteiger partial charge >= 0.3 is 0 Å². The predicted octanol–water partition coefficient (Wildman–Crippen LogP) is 3.07. The third-order valence-corrected chi connectivity index (χ3v) is 5.27. The zero-order valence-corrected chi connectivity index (χ0v) is 17.7. The fourth-order valence-corrected chi connectivity index (χ4v) is 3.79. The molecular weight excluding hydrogens is 430 g/mol. The number of aliphatic hydroxyl groups excluding tert-OH is 1. The fraction of sp³-hybridized carbons (Fsp3) is 0.400. The molecule has 1 fully saturated rings. The fourth-order valence-electron chi connectivity index (χ4n) is 3.37. The van der Waals surface area contributed by atoms with Crippen LogP contribution in [-0.4, -0.2) is 58.6 Å². The Bertz CT molecular complexity index is 747. The van der Waals surface area contributed by atoms with Crippen LogP contribution in [0.2, 0.25) is 0 Å². The van der Waals surface area contributed by atoms with Gasteiger partial charge in [-0.2, -0.15) is 0 Å². The van der Waals surface area contributed by atoms with Gasteiger partial charge in [0.2, 0.25) is 5.91 Å². The molecule has 1 aliphatic heterocycles. The molecule has 1 aliphatic rings. The van der Waals surface area contributed by atoms with Crippen molar-refractivity contribution in [2.24, 2.45) is 0 Å². The standard InChI is InChI=1S/C20H24BrN3O2.ClH/c1-23(20(26)10-15-9-17(21)12-22-11-15)19(16-5-3-2-4-6-16)14-24-8-7-18(25)13-24;/h2-6,9,11-12,18-19,25H,7-8,10,13-14H2,1H3;1H. The van der Waals surface area contributed by atoms with E-state index in [4.69, 9.17) is 0 Å². The number of hydrogen-bond donors (Lipinski definition) is 1. The molecule has 1 aromatic carbocycles. The SMILES string of the molecule is CN(C(=O)Cc1cncc(Br)c1)C(CN1CCC(O)C1)c1ccccc1.Cl. The van der Waals surface area contributed by atoms with Crippen molar-refractivity contribution in [2.45, 2.75) is 25.0 Å².